The predicted octanol–water partition coefficient (Wildman–Crippen LogP) is 1.55. The summed E-state index contributed by atoms with van der Waals surface area (Å²) in [5, 5.41) is 7.92. The van der Waals surface area contributed by atoms with Crippen LogP contribution in [0.3, 0.4) is 0 Å². The molecule has 1 N–H and O–H groups in total. The van der Waals surface area contributed by atoms with Gasteiger partial charge in [-0.15, -0.1) is 0 Å². The summed E-state index contributed by atoms with van der Waals surface area (Å²) in [6.07, 6.45) is 2.35. The number of nitrogens with one attached hydrogen (secondary N) is 1. The number of hydrogen-bond donors (Lipinski definition) is 1. The van der Waals surface area contributed by atoms with E-state index < -0.39 is 0 Å². The molecule has 1 radical (unpaired) electrons. The van der Waals surface area contributed by atoms with Crippen LogP contribution < -0.4 is 15.4 Å². The van der Waals surface area contributed by atoms with Crippen molar-refractivity contribution in [3.05, 3.63) is 29.8 Å². The van der Waals surface area contributed by atoms with Crippen LogP contribution in [0.1, 0.15) is 18.4 Å². The molecule has 16 heavy (non-hydrogen) atoms. The molecule has 87 valence electrons. The van der Waals surface area contributed by atoms with Crippen molar-refractivity contribution >= 4 is 0 Å². The van der Waals surface area contributed by atoms with E-state index in [1.54, 1.807) is 7.11 Å². The van der Waals surface area contributed by atoms with Gasteiger partial charge in [-0.1, -0.05) is 12.1 Å². The fourth-order valence-corrected chi connectivity index (χ4v) is 1.96. The quantitative estimate of drug-likeness (QED) is 0.834. The molecule has 0 amide bonds. The van der Waals surface area contributed by atoms with Crippen LogP contribution in [0.15, 0.2) is 24.3 Å². The molecule has 1 aromatic carbocycles. The largest absolute Gasteiger partial charge is 0.497 e. The molecule has 0 aromatic heterocycles. The molecule has 1 heterocycles. The van der Waals surface area contributed by atoms with Crippen LogP contribution in [0.2, 0.25) is 0 Å². The minimum Gasteiger partial charge on any atom is -0.497 e. The third-order valence-electron chi connectivity index (χ3n) is 3.03. The number of rotatable bonds is 4. The van der Waals surface area contributed by atoms with Gasteiger partial charge in [-0.05, 0) is 30.5 Å². The van der Waals surface area contributed by atoms with E-state index >= 15 is 0 Å². The maximum atomic E-state index is 5.13. The number of ether oxygens (including phenoxy) is 1. The zero-order valence-corrected chi connectivity index (χ0v) is 9.78. The summed E-state index contributed by atoms with van der Waals surface area (Å²) in [6, 6.07) is 8.87. The van der Waals surface area contributed by atoms with Crippen molar-refractivity contribution < 1.29 is 4.74 Å². The van der Waals surface area contributed by atoms with Crippen LogP contribution in [-0.4, -0.2) is 26.2 Å². The molecule has 1 aromatic rings. The fraction of sp³-hybridized carbons (Fsp3) is 0.538. The Morgan fingerprint density at radius 2 is 1.94 bits per heavy atom. The van der Waals surface area contributed by atoms with E-state index in [-0.39, 0.29) is 0 Å². The van der Waals surface area contributed by atoms with Gasteiger partial charge in [-0.3, -0.25) is 0 Å². The molecule has 0 unspecified atom stereocenters. The highest BCUT2D eigenvalue weighted by atomic mass is 16.5. The predicted molar refractivity (Wildman–Crippen MR) is 64.7 cm³/mol. The number of hydrogen-bond acceptors (Lipinski definition) is 2. The van der Waals surface area contributed by atoms with E-state index in [4.69, 9.17) is 4.74 Å². The van der Waals surface area contributed by atoms with Gasteiger partial charge in [0.05, 0.1) is 7.11 Å². The highest BCUT2D eigenvalue weighted by Crippen LogP contribution is 2.12. The zero-order chi connectivity index (χ0) is 11.2. The van der Waals surface area contributed by atoms with Gasteiger partial charge in [0.15, 0.2) is 0 Å². The Hall–Kier alpha value is -1.06. The van der Waals surface area contributed by atoms with Gasteiger partial charge in [0.1, 0.15) is 5.75 Å². The van der Waals surface area contributed by atoms with Gasteiger partial charge < -0.3 is 10.1 Å². The molecule has 1 saturated heterocycles. The van der Waals surface area contributed by atoms with Crippen molar-refractivity contribution in [3.63, 3.8) is 0 Å². The third kappa shape index (κ3) is 3.22. The lowest BCUT2D eigenvalue weighted by molar-refractivity contribution is 0.382. The topological polar surface area (TPSA) is 35.4 Å². The maximum absolute atomic E-state index is 5.13. The van der Waals surface area contributed by atoms with Crippen LogP contribution >= 0.6 is 0 Å². The Morgan fingerprint density at radius 1 is 1.25 bits per heavy atom. The molecule has 2 rings (SSSR count). The van der Waals surface area contributed by atoms with Crippen LogP contribution in [-0.2, 0) is 6.54 Å². The fourth-order valence-electron chi connectivity index (χ4n) is 1.96. The van der Waals surface area contributed by atoms with Gasteiger partial charge in [0.25, 0.3) is 0 Å². The molecule has 1 aliphatic heterocycles. The Labute approximate surface area is 97.2 Å². The van der Waals surface area contributed by atoms with Crippen molar-refractivity contribution in [1.82, 2.24) is 10.6 Å². The third-order valence-corrected chi connectivity index (χ3v) is 3.03. The molecule has 0 saturated carbocycles. The molecule has 3 nitrogen and oxygen atoms in total. The molecule has 3 heteroatoms. The van der Waals surface area contributed by atoms with Gasteiger partial charge in [-0.2, -0.15) is 0 Å². The summed E-state index contributed by atoms with van der Waals surface area (Å²) in [7, 11) is 1.69. The summed E-state index contributed by atoms with van der Waals surface area (Å²) in [5.74, 6) is 0.917. The summed E-state index contributed by atoms with van der Waals surface area (Å²) in [4.78, 5) is 0. The normalized spacial score (nSPS) is 17.3. The minimum atomic E-state index is 0.639. The van der Waals surface area contributed by atoms with Gasteiger partial charge in [0.2, 0.25) is 0 Å². The van der Waals surface area contributed by atoms with Crippen molar-refractivity contribution in [2.75, 3.05) is 20.2 Å². The standard InChI is InChI=1S/C13H19N2O/c1-16-13-4-2-11(3-5-13)10-15-12-6-8-14-9-7-12/h2-5,12,15H,6-10H2,1H3. The van der Waals surface area contributed by atoms with Crippen molar-refractivity contribution in [2.45, 2.75) is 25.4 Å². The molecule has 0 atom stereocenters. The number of piperidine rings is 1. The average molecular weight is 219 g/mol. The summed E-state index contributed by atoms with van der Waals surface area (Å²) in [5.41, 5.74) is 1.31. The van der Waals surface area contributed by atoms with Gasteiger partial charge in [0, 0.05) is 25.7 Å². The second-order valence-corrected chi connectivity index (χ2v) is 4.17. The molecular formula is C13H19N2O. The molecule has 0 aliphatic carbocycles. The van der Waals surface area contributed by atoms with E-state index in [1.807, 2.05) is 12.1 Å². The first kappa shape index (κ1) is 11.4. The molecule has 0 spiro atoms. The van der Waals surface area contributed by atoms with E-state index in [0.29, 0.717) is 6.04 Å². The van der Waals surface area contributed by atoms with Crippen LogP contribution in [0.5, 0.6) is 5.75 Å². The molecule has 1 aliphatic rings. The Kier molecular flexibility index (Phi) is 4.19. The first-order valence-corrected chi connectivity index (χ1v) is 5.88. The molecule has 1 fully saturated rings. The minimum absolute atomic E-state index is 0.639. The lowest BCUT2D eigenvalue weighted by atomic mass is 10.1. The van der Waals surface area contributed by atoms with E-state index in [9.17, 15) is 0 Å². The monoisotopic (exact) mass is 219 g/mol. The first-order chi connectivity index (χ1) is 7.88. The van der Waals surface area contributed by atoms with Crippen LogP contribution in [0, 0.1) is 0 Å². The lowest BCUT2D eigenvalue weighted by Gasteiger charge is -2.22. The smallest absolute Gasteiger partial charge is 0.118 e. The average Bonchev–Trinajstić information content (AvgIpc) is 2.38. The van der Waals surface area contributed by atoms with Crippen LogP contribution in [0.25, 0.3) is 0 Å². The van der Waals surface area contributed by atoms with Gasteiger partial charge in [-0.25, -0.2) is 5.32 Å². The molecular weight excluding hydrogens is 200 g/mol. The second-order valence-electron chi connectivity index (χ2n) is 4.17. The van der Waals surface area contributed by atoms with E-state index in [0.717, 1.165) is 25.4 Å². The Balaban J connectivity index is 1.79. The maximum Gasteiger partial charge on any atom is 0.118 e. The summed E-state index contributed by atoms with van der Waals surface area (Å²) >= 11 is 0. The highest BCUT2D eigenvalue weighted by molar-refractivity contribution is 5.27. The Morgan fingerprint density at radius 3 is 2.56 bits per heavy atom. The zero-order valence-electron chi connectivity index (χ0n) is 9.78. The number of nitrogens with zero attached hydrogens (tertiary/aromatic N) is 1. The second kappa shape index (κ2) is 5.87. The van der Waals surface area contributed by atoms with Crippen LogP contribution in [0.4, 0.5) is 0 Å². The van der Waals surface area contributed by atoms with Gasteiger partial charge >= 0.3 is 0 Å². The summed E-state index contributed by atoms with van der Waals surface area (Å²) in [6.45, 7) is 2.97. The van der Waals surface area contributed by atoms with Crippen molar-refractivity contribution in [3.8, 4) is 5.75 Å². The van der Waals surface area contributed by atoms with Crippen molar-refractivity contribution in [1.29, 1.82) is 0 Å². The number of methoxy groups -OCH3 is 1. The molecule has 0 bridgehead atoms. The number of benzene rings is 1. The summed E-state index contributed by atoms with van der Waals surface area (Å²) < 4.78 is 5.13. The highest BCUT2D eigenvalue weighted by Gasteiger charge is 2.12. The van der Waals surface area contributed by atoms with Crippen molar-refractivity contribution in [2.24, 2.45) is 0 Å². The SMILES string of the molecule is COc1ccc(CNC2CC[N]CC2)cc1. The van der Waals surface area contributed by atoms with E-state index in [1.165, 1.54) is 18.4 Å². The lowest BCUT2D eigenvalue weighted by Crippen LogP contribution is -2.36. The van der Waals surface area contributed by atoms with E-state index in [2.05, 4.69) is 22.8 Å². The Bertz CT molecular complexity index is 304. The first-order valence-electron chi connectivity index (χ1n) is 5.88.